The first-order chi connectivity index (χ1) is 14.5. The van der Waals surface area contributed by atoms with E-state index in [0.29, 0.717) is 39.2 Å². The van der Waals surface area contributed by atoms with E-state index >= 15 is 0 Å². The van der Waals surface area contributed by atoms with Crippen LogP contribution in [0, 0.1) is 12.3 Å². The smallest absolute Gasteiger partial charge is 0.418 e. The van der Waals surface area contributed by atoms with Gasteiger partial charge in [0.2, 0.25) is 0 Å². The molecule has 0 aliphatic carbocycles. The number of methoxy groups -OCH3 is 1. The maximum absolute atomic E-state index is 13.1. The molecule has 1 aliphatic heterocycles. The van der Waals surface area contributed by atoms with Gasteiger partial charge in [0.15, 0.2) is 5.78 Å². The first kappa shape index (κ1) is 18.1. The minimum absolute atomic E-state index is 0.0776. The Morgan fingerprint density at radius 2 is 1.80 bits per heavy atom. The van der Waals surface area contributed by atoms with Crippen molar-refractivity contribution >= 4 is 39.4 Å². The number of hydrogen-bond donors (Lipinski definition) is 1. The van der Waals surface area contributed by atoms with Gasteiger partial charge in [0.1, 0.15) is 12.4 Å². The van der Waals surface area contributed by atoms with Gasteiger partial charge in [-0.3, -0.25) is 4.79 Å². The van der Waals surface area contributed by atoms with Gasteiger partial charge < -0.3 is 14.9 Å². The fraction of sp³-hybridized carbons (Fsp3) is 0.125. The molecule has 3 aromatic carbocycles. The largest absolute Gasteiger partial charge is 0.487 e. The second-order valence-electron chi connectivity index (χ2n) is 7.31. The van der Waals surface area contributed by atoms with Crippen molar-refractivity contribution < 1.29 is 19.1 Å². The number of aromatic nitrogens is 1. The summed E-state index contributed by atoms with van der Waals surface area (Å²) < 4.78 is 12.0. The SMILES string of the molecule is COC(=O)n1c2ccc(C(=O)c3ccccc3C)cc2c2cc3c(cc21)OCC3=N. The molecule has 2 heterocycles. The van der Waals surface area contributed by atoms with Gasteiger partial charge in [0.25, 0.3) is 0 Å². The summed E-state index contributed by atoms with van der Waals surface area (Å²) in [5, 5.41) is 9.63. The van der Waals surface area contributed by atoms with E-state index in [1.807, 2.05) is 37.3 Å². The quantitative estimate of drug-likeness (QED) is 0.496. The molecular formula is C24H18N2O4. The molecule has 0 amide bonds. The molecule has 6 heteroatoms. The Bertz CT molecular complexity index is 1400. The highest BCUT2D eigenvalue weighted by Crippen LogP contribution is 2.37. The molecule has 0 spiro atoms. The Balaban J connectivity index is 1.79. The van der Waals surface area contributed by atoms with Gasteiger partial charge in [-0.25, -0.2) is 9.36 Å². The van der Waals surface area contributed by atoms with Crippen molar-refractivity contribution in [2.75, 3.05) is 13.7 Å². The van der Waals surface area contributed by atoms with Crippen molar-refractivity contribution in [2.45, 2.75) is 6.92 Å². The number of aryl methyl sites for hydroxylation is 1. The molecule has 0 atom stereocenters. The van der Waals surface area contributed by atoms with E-state index in [9.17, 15) is 9.59 Å². The molecule has 6 nitrogen and oxygen atoms in total. The van der Waals surface area contributed by atoms with Gasteiger partial charge in [-0.05, 0) is 36.8 Å². The Morgan fingerprint density at radius 1 is 1.03 bits per heavy atom. The van der Waals surface area contributed by atoms with Crippen molar-refractivity contribution in [3.63, 3.8) is 0 Å². The molecule has 30 heavy (non-hydrogen) atoms. The first-order valence-electron chi connectivity index (χ1n) is 9.51. The average Bonchev–Trinajstić information content (AvgIpc) is 3.28. The predicted octanol–water partition coefficient (Wildman–Crippen LogP) is 4.71. The number of carbonyl (C=O) groups excluding carboxylic acids is 2. The van der Waals surface area contributed by atoms with Crippen LogP contribution in [0.25, 0.3) is 21.8 Å². The van der Waals surface area contributed by atoms with Crippen LogP contribution in [-0.2, 0) is 4.74 Å². The Morgan fingerprint density at radius 3 is 2.57 bits per heavy atom. The van der Waals surface area contributed by atoms with Crippen LogP contribution < -0.4 is 4.74 Å². The first-order valence-corrected chi connectivity index (χ1v) is 9.51. The number of nitrogens with one attached hydrogen (secondary N) is 1. The van der Waals surface area contributed by atoms with Crippen molar-refractivity contribution in [1.82, 2.24) is 4.57 Å². The molecule has 0 radical (unpaired) electrons. The molecule has 5 rings (SSSR count). The van der Waals surface area contributed by atoms with E-state index in [1.54, 1.807) is 24.3 Å². The van der Waals surface area contributed by atoms with Gasteiger partial charge in [0.05, 0.1) is 23.9 Å². The summed E-state index contributed by atoms with van der Waals surface area (Å²) in [5.41, 5.74) is 4.42. The number of benzene rings is 3. The molecule has 0 saturated carbocycles. The highest BCUT2D eigenvalue weighted by atomic mass is 16.5. The monoisotopic (exact) mass is 398 g/mol. The van der Waals surface area contributed by atoms with E-state index in [4.69, 9.17) is 14.9 Å². The van der Waals surface area contributed by atoms with Gasteiger partial charge in [0, 0.05) is 33.5 Å². The van der Waals surface area contributed by atoms with Gasteiger partial charge in [-0.2, -0.15) is 0 Å². The fourth-order valence-electron chi connectivity index (χ4n) is 4.04. The summed E-state index contributed by atoms with van der Waals surface area (Å²) >= 11 is 0. The molecule has 0 fully saturated rings. The number of ether oxygens (including phenoxy) is 2. The Labute approximate surface area is 172 Å². The van der Waals surface area contributed by atoms with Crippen molar-refractivity contribution in [3.8, 4) is 5.75 Å². The zero-order valence-corrected chi connectivity index (χ0v) is 16.5. The van der Waals surface area contributed by atoms with E-state index in [0.717, 1.165) is 16.3 Å². The summed E-state index contributed by atoms with van der Waals surface area (Å²) in [6.07, 6.45) is -0.527. The van der Waals surface area contributed by atoms with Crippen LogP contribution in [0.3, 0.4) is 0 Å². The number of nitrogens with zero attached hydrogens (tertiary/aromatic N) is 1. The number of fused-ring (bicyclic) bond motifs is 4. The molecule has 1 N–H and O–H groups in total. The lowest BCUT2D eigenvalue weighted by Gasteiger charge is -2.06. The molecule has 0 bridgehead atoms. The normalized spacial score (nSPS) is 12.8. The molecular weight excluding hydrogens is 380 g/mol. The summed E-state index contributed by atoms with van der Waals surface area (Å²) in [6, 6.07) is 16.4. The minimum atomic E-state index is -0.527. The van der Waals surface area contributed by atoms with Gasteiger partial charge in [-0.1, -0.05) is 24.3 Å². The summed E-state index contributed by atoms with van der Waals surface area (Å²) in [4.78, 5) is 25.7. The van der Waals surface area contributed by atoms with Crippen LogP contribution in [0.5, 0.6) is 5.75 Å². The standard InChI is InChI=1S/C24H18N2O4/c1-13-5-3-4-6-15(13)23(27)14-7-8-20-16(9-14)17-10-18-19(25)12-30-22(18)11-21(17)26(20)24(28)29-2/h3-11,25H,12H2,1-2H3. The second kappa shape index (κ2) is 6.56. The average molecular weight is 398 g/mol. The maximum Gasteiger partial charge on any atom is 0.418 e. The third kappa shape index (κ3) is 2.54. The second-order valence-corrected chi connectivity index (χ2v) is 7.31. The van der Waals surface area contributed by atoms with Crippen molar-refractivity contribution in [1.29, 1.82) is 5.41 Å². The lowest BCUT2D eigenvalue weighted by atomic mass is 9.97. The van der Waals surface area contributed by atoms with Crippen molar-refractivity contribution in [2.24, 2.45) is 0 Å². The van der Waals surface area contributed by atoms with E-state index in [-0.39, 0.29) is 12.4 Å². The van der Waals surface area contributed by atoms with Gasteiger partial charge in [-0.15, -0.1) is 0 Å². The molecule has 1 aliphatic rings. The molecule has 4 aromatic rings. The lowest BCUT2D eigenvalue weighted by molar-refractivity contribution is 0.103. The number of ketones is 1. The molecule has 148 valence electrons. The van der Waals surface area contributed by atoms with E-state index < -0.39 is 6.09 Å². The third-order valence-electron chi connectivity index (χ3n) is 5.57. The van der Waals surface area contributed by atoms with Crippen LogP contribution in [0.2, 0.25) is 0 Å². The van der Waals surface area contributed by atoms with E-state index in [2.05, 4.69) is 0 Å². The maximum atomic E-state index is 13.1. The Kier molecular flexibility index (Phi) is 3.96. The number of carbonyl (C=O) groups is 2. The van der Waals surface area contributed by atoms with Crippen LogP contribution >= 0.6 is 0 Å². The number of hydrogen-bond acceptors (Lipinski definition) is 5. The van der Waals surface area contributed by atoms with Gasteiger partial charge >= 0.3 is 6.09 Å². The number of rotatable bonds is 2. The topological polar surface area (TPSA) is 81.4 Å². The van der Waals surface area contributed by atoms with Crippen molar-refractivity contribution in [3.05, 3.63) is 76.9 Å². The highest BCUT2D eigenvalue weighted by Gasteiger charge is 2.24. The zero-order chi connectivity index (χ0) is 21.0. The van der Waals surface area contributed by atoms with Crippen LogP contribution in [0.1, 0.15) is 27.0 Å². The Hall–Kier alpha value is -3.93. The zero-order valence-electron chi connectivity index (χ0n) is 16.5. The highest BCUT2D eigenvalue weighted by molar-refractivity contribution is 6.19. The third-order valence-corrected chi connectivity index (χ3v) is 5.57. The molecule has 0 unspecified atom stereocenters. The summed E-state index contributed by atoms with van der Waals surface area (Å²) in [5.74, 6) is 0.489. The predicted molar refractivity (Wildman–Crippen MR) is 114 cm³/mol. The van der Waals surface area contributed by atoms with Crippen LogP contribution in [0.15, 0.2) is 54.6 Å². The fourth-order valence-corrected chi connectivity index (χ4v) is 4.04. The minimum Gasteiger partial charge on any atom is -0.487 e. The van der Waals surface area contributed by atoms with Crippen LogP contribution in [-0.4, -0.2) is 35.9 Å². The molecule has 1 aromatic heterocycles. The molecule has 0 saturated heterocycles. The summed E-state index contributed by atoms with van der Waals surface area (Å²) in [7, 11) is 1.33. The van der Waals surface area contributed by atoms with E-state index in [1.165, 1.54) is 11.7 Å². The van der Waals surface area contributed by atoms with Crippen LogP contribution in [0.4, 0.5) is 4.79 Å². The lowest BCUT2D eigenvalue weighted by Crippen LogP contribution is -2.11. The summed E-state index contributed by atoms with van der Waals surface area (Å²) in [6.45, 7) is 2.11.